The minimum absolute atomic E-state index is 0.00398. The Hall–Kier alpha value is -1.60. The molecule has 26 heavy (non-hydrogen) atoms. The third kappa shape index (κ3) is 6.96. The van der Waals surface area contributed by atoms with Gasteiger partial charge in [-0.15, -0.1) is 11.3 Å². The van der Waals surface area contributed by atoms with Crippen molar-refractivity contribution < 1.29 is 4.79 Å². The van der Waals surface area contributed by atoms with Gasteiger partial charge in [-0.3, -0.25) is 9.69 Å². The maximum absolute atomic E-state index is 11.8. The van der Waals surface area contributed by atoms with Crippen LogP contribution in [-0.4, -0.2) is 68.0 Å². The Morgan fingerprint density at radius 1 is 1.38 bits per heavy atom. The van der Waals surface area contributed by atoms with Crippen molar-refractivity contribution in [1.82, 2.24) is 20.4 Å². The number of guanidine groups is 1. The van der Waals surface area contributed by atoms with Gasteiger partial charge in [-0.1, -0.05) is 19.4 Å². The third-order valence-electron chi connectivity index (χ3n) is 4.79. The van der Waals surface area contributed by atoms with Gasteiger partial charge in [0.05, 0.1) is 6.54 Å². The molecule has 146 valence electrons. The van der Waals surface area contributed by atoms with Gasteiger partial charge >= 0.3 is 0 Å². The second-order valence-electron chi connectivity index (χ2n) is 6.91. The number of hydrogen-bond acceptors (Lipinski definition) is 4. The lowest BCUT2D eigenvalue weighted by Crippen LogP contribution is -2.46. The van der Waals surface area contributed by atoms with Crippen LogP contribution in [-0.2, 0) is 11.3 Å². The zero-order chi connectivity index (χ0) is 18.8. The van der Waals surface area contributed by atoms with Gasteiger partial charge < -0.3 is 15.5 Å². The summed E-state index contributed by atoms with van der Waals surface area (Å²) in [4.78, 5) is 21.7. The minimum atomic E-state index is 0.00398. The molecule has 0 saturated carbocycles. The van der Waals surface area contributed by atoms with Gasteiger partial charge in [0.25, 0.3) is 0 Å². The number of carbonyl (C=O) groups excluding carboxylic acids is 1. The molecule has 0 aromatic carbocycles. The number of hydrogen-bond donors (Lipinski definition) is 2. The molecule has 1 aliphatic rings. The van der Waals surface area contributed by atoms with Crippen LogP contribution in [0.15, 0.2) is 22.5 Å². The molecule has 7 heteroatoms. The van der Waals surface area contributed by atoms with Crippen LogP contribution in [0.4, 0.5) is 0 Å². The largest absolute Gasteiger partial charge is 0.355 e. The van der Waals surface area contributed by atoms with E-state index in [0.717, 1.165) is 19.6 Å². The quantitative estimate of drug-likeness (QED) is 0.537. The molecule has 2 heterocycles. The molecular formula is C19H33N5OS. The second-order valence-corrected chi connectivity index (χ2v) is 7.94. The monoisotopic (exact) mass is 379 g/mol. The van der Waals surface area contributed by atoms with Crippen molar-refractivity contribution in [2.75, 3.05) is 40.3 Å². The maximum atomic E-state index is 11.8. The van der Waals surface area contributed by atoms with E-state index in [2.05, 4.69) is 38.9 Å². The van der Waals surface area contributed by atoms with Gasteiger partial charge in [0.15, 0.2) is 5.96 Å². The molecule has 0 aliphatic carbocycles. The Kier molecular flexibility index (Phi) is 8.91. The van der Waals surface area contributed by atoms with E-state index in [1.54, 1.807) is 30.3 Å². The summed E-state index contributed by atoms with van der Waals surface area (Å²) in [5.74, 6) is 0.711. The van der Waals surface area contributed by atoms with Crippen molar-refractivity contribution in [1.29, 1.82) is 0 Å². The Bertz CT molecular complexity index is 558. The summed E-state index contributed by atoms with van der Waals surface area (Å²) in [5, 5.41) is 8.81. The molecule has 1 aliphatic heterocycles. The van der Waals surface area contributed by atoms with Gasteiger partial charge in [-0.05, 0) is 37.3 Å². The topological polar surface area (TPSA) is 60.0 Å². The molecule has 1 atom stereocenters. The fraction of sp³-hybridized carbons (Fsp3) is 0.684. The molecule has 2 rings (SSSR count). The summed E-state index contributed by atoms with van der Waals surface area (Å²) in [6.45, 7) is 6.20. The average Bonchev–Trinajstić information content (AvgIpc) is 3.17. The smallest absolute Gasteiger partial charge is 0.243 e. The van der Waals surface area contributed by atoms with Crippen LogP contribution in [0.25, 0.3) is 0 Å². The van der Waals surface area contributed by atoms with E-state index in [9.17, 15) is 4.79 Å². The molecule has 1 saturated heterocycles. The van der Waals surface area contributed by atoms with Crippen molar-refractivity contribution in [3.63, 3.8) is 0 Å². The highest BCUT2D eigenvalue weighted by Gasteiger charge is 2.20. The van der Waals surface area contributed by atoms with E-state index >= 15 is 0 Å². The standard InChI is InChI=1S/C19H33N5OS/c1-4-16-8-5-6-11-24(16)12-10-20-19(22-15-18(25)23(2)3)21-14-17-9-7-13-26-17/h7,9,13,16H,4-6,8,10-12,14-15H2,1-3H3,(H2,20,21,22). The highest BCUT2D eigenvalue weighted by molar-refractivity contribution is 7.09. The Morgan fingerprint density at radius 3 is 2.92 bits per heavy atom. The highest BCUT2D eigenvalue weighted by Crippen LogP contribution is 2.18. The molecule has 0 spiro atoms. The molecule has 6 nitrogen and oxygen atoms in total. The third-order valence-corrected chi connectivity index (χ3v) is 5.67. The first kappa shape index (κ1) is 20.7. The Balaban J connectivity index is 1.85. The first-order chi connectivity index (χ1) is 12.6. The Labute approximate surface area is 161 Å². The fourth-order valence-corrected chi connectivity index (χ4v) is 3.83. The van der Waals surface area contributed by atoms with E-state index in [-0.39, 0.29) is 12.5 Å². The lowest BCUT2D eigenvalue weighted by Gasteiger charge is -2.35. The molecule has 0 bridgehead atoms. The van der Waals surface area contributed by atoms with Crippen molar-refractivity contribution in [3.8, 4) is 0 Å². The SMILES string of the molecule is CCC1CCCCN1CCNC(=NCC(=O)N(C)C)NCc1cccs1. The van der Waals surface area contributed by atoms with E-state index in [4.69, 9.17) is 0 Å². The van der Waals surface area contributed by atoms with Crippen molar-refractivity contribution in [3.05, 3.63) is 22.4 Å². The molecular weight excluding hydrogens is 346 g/mol. The summed E-state index contributed by atoms with van der Waals surface area (Å²) in [6.07, 6.45) is 5.18. The van der Waals surface area contributed by atoms with Gasteiger partial charge in [-0.2, -0.15) is 0 Å². The van der Waals surface area contributed by atoms with Gasteiger partial charge in [0.2, 0.25) is 5.91 Å². The Morgan fingerprint density at radius 2 is 2.23 bits per heavy atom. The lowest BCUT2D eigenvalue weighted by molar-refractivity contribution is -0.127. The zero-order valence-electron chi connectivity index (χ0n) is 16.3. The molecule has 1 aromatic rings. The fourth-order valence-electron chi connectivity index (χ4n) is 3.18. The first-order valence-electron chi connectivity index (χ1n) is 9.59. The molecule has 1 amide bonds. The predicted octanol–water partition coefficient (Wildman–Crippen LogP) is 2.14. The number of nitrogens with zero attached hydrogens (tertiary/aromatic N) is 3. The number of piperidine rings is 1. The number of likely N-dealkylation sites (tertiary alicyclic amines) is 1. The van der Waals surface area contributed by atoms with Crippen LogP contribution in [0.1, 0.15) is 37.5 Å². The van der Waals surface area contributed by atoms with Gasteiger partial charge in [0, 0.05) is 38.1 Å². The lowest BCUT2D eigenvalue weighted by atomic mass is 10.0. The minimum Gasteiger partial charge on any atom is -0.355 e. The van der Waals surface area contributed by atoms with E-state index < -0.39 is 0 Å². The summed E-state index contributed by atoms with van der Waals surface area (Å²) in [5.41, 5.74) is 0. The van der Waals surface area contributed by atoms with Crippen LogP contribution >= 0.6 is 11.3 Å². The zero-order valence-corrected chi connectivity index (χ0v) is 17.1. The number of thiophene rings is 1. The summed E-state index contributed by atoms with van der Waals surface area (Å²) in [6, 6.07) is 4.85. The van der Waals surface area contributed by atoms with E-state index in [1.807, 2.05) is 6.07 Å². The molecule has 0 radical (unpaired) electrons. The normalized spacial score (nSPS) is 18.6. The number of amides is 1. The highest BCUT2D eigenvalue weighted by atomic mass is 32.1. The summed E-state index contributed by atoms with van der Waals surface area (Å²) in [7, 11) is 3.51. The van der Waals surface area contributed by atoms with Gasteiger partial charge in [0.1, 0.15) is 6.54 Å². The number of nitrogens with one attached hydrogen (secondary N) is 2. The number of rotatable bonds is 8. The van der Waals surface area contributed by atoms with Crippen molar-refractivity contribution >= 4 is 23.2 Å². The molecule has 2 N–H and O–H groups in total. The second kappa shape index (κ2) is 11.2. The van der Waals surface area contributed by atoms with Crippen LogP contribution in [0, 0.1) is 0 Å². The van der Waals surface area contributed by atoms with Crippen LogP contribution in [0.5, 0.6) is 0 Å². The van der Waals surface area contributed by atoms with Crippen LogP contribution in [0.3, 0.4) is 0 Å². The average molecular weight is 380 g/mol. The number of carbonyl (C=O) groups is 1. The van der Waals surface area contributed by atoms with Crippen molar-refractivity contribution in [2.24, 2.45) is 4.99 Å². The van der Waals surface area contributed by atoms with Crippen LogP contribution in [0.2, 0.25) is 0 Å². The predicted molar refractivity (Wildman–Crippen MR) is 110 cm³/mol. The van der Waals surface area contributed by atoms with E-state index in [1.165, 1.54) is 37.1 Å². The first-order valence-corrected chi connectivity index (χ1v) is 10.5. The molecule has 1 fully saturated rings. The van der Waals surface area contributed by atoms with Gasteiger partial charge in [-0.25, -0.2) is 4.99 Å². The number of likely N-dealkylation sites (N-methyl/N-ethyl adjacent to an activating group) is 1. The number of aliphatic imine (C=N–C) groups is 1. The molecule has 1 unspecified atom stereocenters. The molecule has 1 aromatic heterocycles. The van der Waals surface area contributed by atoms with Crippen LogP contribution < -0.4 is 10.6 Å². The van der Waals surface area contributed by atoms with Crippen molar-refractivity contribution in [2.45, 2.75) is 45.2 Å². The van der Waals surface area contributed by atoms with E-state index in [0.29, 0.717) is 12.0 Å². The maximum Gasteiger partial charge on any atom is 0.243 e. The summed E-state index contributed by atoms with van der Waals surface area (Å²) >= 11 is 1.72. The summed E-state index contributed by atoms with van der Waals surface area (Å²) < 4.78 is 0.